The number of sulfonamides is 1. The van der Waals surface area contributed by atoms with Crippen molar-refractivity contribution in [1.29, 1.82) is 0 Å². The van der Waals surface area contributed by atoms with E-state index in [1.807, 2.05) is 4.72 Å². The van der Waals surface area contributed by atoms with Crippen molar-refractivity contribution in [1.82, 2.24) is 4.72 Å². The molecule has 0 unspecified atom stereocenters. The topological polar surface area (TPSA) is 115 Å². The quantitative estimate of drug-likeness (QED) is 0.672. The van der Waals surface area contributed by atoms with Crippen LogP contribution in [0.25, 0.3) is 0 Å². The van der Waals surface area contributed by atoms with Crippen LogP contribution in [0.4, 0.5) is 10.1 Å². The third-order valence-corrected chi connectivity index (χ3v) is 3.72. The molecule has 17 heavy (non-hydrogen) atoms. The Hall–Kier alpha value is -1.19. The SMILES string of the molecule is NC(=O)CNS(=O)(=O)c1cc(N)cc(Br)c1F. The van der Waals surface area contributed by atoms with E-state index in [2.05, 4.69) is 15.9 Å². The summed E-state index contributed by atoms with van der Waals surface area (Å²) in [6.45, 7) is -0.617. The molecule has 6 nitrogen and oxygen atoms in total. The molecule has 0 aliphatic rings. The molecule has 0 fully saturated rings. The average Bonchev–Trinajstić information content (AvgIpc) is 2.20. The number of halogens is 2. The molecule has 94 valence electrons. The second-order valence-corrected chi connectivity index (χ2v) is 5.70. The van der Waals surface area contributed by atoms with Gasteiger partial charge in [-0.25, -0.2) is 17.5 Å². The van der Waals surface area contributed by atoms with E-state index >= 15 is 0 Å². The number of amides is 1. The van der Waals surface area contributed by atoms with Crippen molar-refractivity contribution in [2.24, 2.45) is 5.73 Å². The van der Waals surface area contributed by atoms with Gasteiger partial charge in [-0.1, -0.05) is 0 Å². The van der Waals surface area contributed by atoms with Crippen molar-refractivity contribution in [3.8, 4) is 0 Å². The molecule has 0 saturated carbocycles. The maximum Gasteiger partial charge on any atom is 0.244 e. The number of hydrogen-bond donors (Lipinski definition) is 3. The van der Waals surface area contributed by atoms with Crippen LogP contribution < -0.4 is 16.2 Å². The highest BCUT2D eigenvalue weighted by molar-refractivity contribution is 9.10. The number of nitrogens with one attached hydrogen (secondary N) is 1. The van der Waals surface area contributed by atoms with E-state index in [9.17, 15) is 17.6 Å². The van der Waals surface area contributed by atoms with E-state index in [-0.39, 0.29) is 10.2 Å². The van der Waals surface area contributed by atoms with Crippen LogP contribution in [0.1, 0.15) is 0 Å². The lowest BCUT2D eigenvalue weighted by atomic mass is 10.3. The maximum atomic E-state index is 13.6. The van der Waals surface area contributed by atoms with Crippen molar-refractivity contribution in [2.75, 3.05) is 12.3 Å². The summed E-state index contributed by atoms with van der Waals surface area (Å²) in [7, 11) is -4.17. The zero-order valence-corrected chi connectivity index (χ0v) is 10.8. The number of hydrogen-bond acceptors (Lipinski definition) is 4. The van der Waals surface area contributed by atoms with E-state index in [4.69, 9.17) is 11.5 Å². The molecule has 1 aromatic rings. The highest BCUT2D eigenvalue weighted by atomic mass is 79.9. The maximum absolute atomic E-state index is 13.6. The van der Waals surface area contributed by atoms with E-state index in [0.29, 0.717) is 0 Å². The number of rotatable bonds is 4. The van der Waals surface area contributed by atoms with Gasteiger partial charge in [-0.3, -0.25) is 4.79 Å². The summed E-state index contributed by atoms with van der Waals surface area (Å²) in [5.74, 6) is -1.87. The summed E-state index contributed by atoms with van der Waals surface area (Å²) in [4.78, 5) is 9.82. The summed E-state index contributed by atoms with van der Waals surface area (Å²) in [5, 5.41) is 0. The van der Waals surface area contributed by atoms with E-state index in [0.717, 1.165) is 6.07 Å². The van der Waals surface area contributed by atoms with Gasteiger partial charge in [0.1, 0.15) is 4.90 Å². The highest BCUT2D eigenvalue weighted by Gasteiger charge is 2.21. The summed E-state index contributed by atoms with van der Waals surface area (Å²) >= 11 is 2.83. The minimum absolute atomic E-state index is 0.0673. The molecule has 0 aliphatic heterocycles. The molecule has 0 heterocycles. The van der Waals surface area contributed by atoms with E-state index in [1.165, 1.54) is 6.07 Å². The number of nitrogen functional groups attached to an aromatic ring is 1. The fourth-order valence-electron chi connectivity index (χ4n) is 1.02. The highest BCUT2D eigenvalue weighted by Crippen LogP contribution is 2.25. The Balaban J connectivity index is 3.19. The molecule has 0 atom stereocenters. The first-order chi connectivity index (χ1) is 7.74. The Morgan fingerprint density at radius 3 is 2.59 bits per heavy atom. The molecule has 1 amide bonds. The van der Waals surface area contributed by atoms with Gasteiger partial charge in [0, 0.05) is 5.69 Å². The second-order valence-electron chi connectivity index (χ2n) is 3.11. The first-order valence-electron chi connectivity index (χ1n) is 4.26. The van der Waals surface area contributed by atoms with Crippen LogP contribution in [-0.2, 0) is 14.8 Å². The first-order valence-corrected chi connectivity index (χ1v) is 6.54. The molecule has 0 bridgehead atoms. The molecule has 0 saturated heterocycles. The standard InChI is InChI=1S/C8H9BrFN3O3S/c9-5-1-4(11)2-6(8(5)10)17(15,16)13-3-7(12)14/h1-2,13H,3,11H2,(H2,12,14). The Kier molecular flexibility index (Phi) is 4.07. The minimum Gasteiger partial charge on any atom is -0.399 e. The van der Waals surface area contributed by atoms with Crippen LogP contribution in [-0.4, -0.2) is 20.9 Å². The predicted octanol–water partition coefficient (Wildman–Crippen LogP) is -0.0660. The van der Waals surface area contributed by atoms with Gasteiger partial charge >= 0.3 is 0 Å². The lowest BCUT2D eigenvalue weighted by Gasteiger charge is -2.08. The predicted molar refractivity (Wildman–Crippen MR) is 62.9 cm³/mol. The molecule has 1 aromatic carbocycles. The Morgan fingerprint density at radius 2 is 2.06 bits per heavy atom. The minimum atomic E-state index is -4.17. The average molecular weight is 326 g/mol. The number of benzene rings is 1. The molecule has 0 aliphatic carbocycles. The molecule has 1 rings (SSSR count). The number of nitrogens with two attached hydrogens (primary N) is 2. The van der Waals surface area contributed by atoms with Crippen molar-refractivity contribution >= 4 is 37.5 Å². The smallest absolute Gasteiger partial charge is 0.244 e. The third-order valence-electron chi connectivity index (χ3n) is 1.74. The van der Waals surface area contributed by atoms with Crippen molar-refractivity contribution in [3.63, 3.8) is 0 Å². The molecular weight excluding hydrogens is 317 g/mol. The third kappa shape index (κ3) is 3.38. The summed E-state index contributed by atoms with van der Waals surface area (Å²) in [5.41, 5.74) is 10.2. The Labute approximate surface area is 105 Å². The van der Waals surface area contributed by atoms with Gasteiger partial charge in [-0.2, -0.15) is 0 Å². The molecular formula is C8H9BrFN3O3S. The number of anilines is 1. The van der Waals surface area contributed by atoms with Gasteiger partial charge in [0.2, 0.25) is 15.9 Å². The van der Waals surface area contributed by atoms with Gasteiger partial charge in [0.25, 0.3) is 0 Å². The number of carbonyl (C=O) groups excluding carboxylic acids is 1. The van der Waals surface area contributed by atoms with Crippen LogP contribution in [0.3, 0.4) is 0 Å². The van der Waals surface area contributed by atoms with Gasteiger partial charge < -0.3 is 11.5 Å². The lowest BCUT2D eigenvalue weighted by Crippen LogP contribution is -2.33. The Morgan fingerprint density at radius 1 is 1.47 bits per heavy atom. The zero-order chi connectivity index (χ0) is 13.2. The zero-order valence-electron chi connectivity index (χ0n) is 8.41. The number of carbonyl (C=O) groups is 1. The van der Waals surface area contributed by atoms with E-state index in [1.54, 1.807) is 0 Å². The fraction of sp³-hybridized carbons (Fsp3) is 0.125. The fourth-order valence-corrected chi connectivity index (χ4v) is 2.76. The molecule has 0 spiro atoms. The normalized spacial score (nSPS) is 11.4. The van der Waals surface area contributed by atoms with Crippen LogP contribution in [0.5, 0.6) is 0 Å². The monoisotopic (exact) mass is 325 g/mol. The van der Waals surface area contributed by atoms with Gasteiger partial charge in [-0.05, 0) is 28.1 Å². The lowest BCUT2D eigenvalue weighted by molar-refractivity contribution is -0.116. The summed E-state index contributed by atoms with van der Waals surface area (Å²) in [6.07, 6.45) is 0. The Bertz CT molecular complexity index is 561. The molecule has 9 heteroatoms. The largest absolute Gasteiger partial charge is 0.399 e. The van der Waals surface area contributed by atoms with Crippen molar-refractivity contribution in [3.05, 3.63) is 22.4 Å². The van der Waals surface area contributed by atoms with Crippen LogP contribution in [0, 0.1) is 5.82 Å². The van der Waals surface area contributed by atoms with Crippen molar-refractivity contribution < 1.29 is 17.6 Å². The first kappa shape index (κ1) is 13.9. The molecule has 5 N–H and O–H groups in total. The van der Waals surface area contributed by atoms with Gasteiger partial charge in [0.05, 0.1) is 11.0 Å². The van der Waals surface area contributed by atoms with Crippen LogP contribution in [0.2, 0.25) is 0 Å². The van der Waals surface area contributed by atoms with Crippen molar-refractivity contribution in [2.45, 2.75) is 4.90 Å². The second kappa shape index (κ2) is 4.98. The van der Waals surface area contributed by atoms with Gasteiger partial charge in [-0.15, -0.1) is 0 Å². The van der Waals surface area contributed by atoms with Crippen LogP contribution >= 0.6 is 15.9 Å². The van der Waals surface area contributed by atoms with Crippen LogP contribution in [0.15, 0.2) is 21.5 Å². The number of primary amides is 1. The summed E-state index contributed by atoms with van der Waals surface area (Å²) < 4.78 is 38.6. The summed E-state index contributed by atoms with van der Waals surface area (Å²) in [6, 6.07) is 2.17. The molecule has 0 aromatic heterocycles. The van der Waals surface area contributed by atoms with Gasteiger partial charge in [0.15, 0.2) is 5.82 Å². The molecule has 0 radical (unpaired) electrons. The van der Waals surface area contributed by atoms with E-state index < -0.39 is 33.2 Å².